The summed E-state index contributed by atoms with van der Waals surface area (Å²) < 4.78 is 10.5. The van der Waals surface area contributed by atoms with E-state index in [4.69, 9.17) is 9.72 Å². The molecular formula is C25H26N4OS. The maximum absolute atomic E-state index is 5.93. The van der Waals surface area contributed by atoms with Crippen LogP contribution in [0.3, 0.4) is 0 Å². The molecule has 2 aromatic heterocycles. The zero-order valence-electron chi connectivity index (χ0n) is 17.4. The number of nitrogens with zero attached hydrogens (tertiary/aromatic N) is 4. The van der Waals surface area contributed by atoms with Crippen molar-refractivity contribution in [1.29, 1.82) is 0 Å². The third kappa shape index (κ3) is 4.75. The van der Waals surface area contributed by atoms with Crippen LogP contribution in [0.4, 0.5) is 0 Å². The molecule has 0 radical (unpaired) electrons. The van der Waals surface area contributed by atoms with Crippen molar-refractivity contribution in [1.82, 2.24) is 19.1 Å². The molecule has 0 aliphatic carbocycles. The van der Waals surface area contributed by atoms with E-state index in [0.29, 0.717) is 0 Å². The molecule has 0 spiro atoms. The first-order chi connectivity index (χ1) is 15.4. The van der Waals surface area contributed by atoms with Crippen LogP contribution in [0.15, 0.2) is 84.4 Å². The van der Waals surface area contributed by atoms with E-state index in [-0.39, 0.29) is 6.10 Å². The van der Waals surface area contributed by atoms with E-state index in [1.807, 2.05) is 24.5 Å². The van der Waals surface area contributed by atoms with E-state index in [1.54, 1.807) is 11.8 Å². The lowest BCUT2D eigenvalue weighted by molar-refractivity contribution is 0.0954. The summed E-state index contributed by atoms with van der Waals surface area (Å²) in [4.78, 5) is 9.39. The van der Waals surface area contributed by atoms with Crippen LogP contribution in [0, 0.1) is 0 Å². The molecule has 1 fully saturated rings. The summed E-state index contributed by atoms with van der Waals surface area (Å²) in [5, 5.41) is 1.02. The summed E-state index contributed by atoms with van der Waals surface area (Å²) in [6.45, 7) is 2.53. The Bertz CT molecular complexity index is 1100. The van der Waals surface area contributed by atoms with Crippen LogP contribution in [0.5, 0.6) is 0 Å². The highest BCUT2D eigenvalue weighted by molar-refractivity contribution is 7.98. The fourth-order valence-electron chi connectivity index (χ4n) is 4.02. The maximum Gasteiger partial charge on any atom is 0.168 e. The lowest BCUT2D eigenvalue weighted by atomic mass is 10.1. The molecule has 1 atom stereocenters. The van der Waals surface area contributed by atoms with Crippen LogP contribution in [-0.4, -0.2) is 31.8 Å². The predicted octanol–water partition coefficient (Wildman–Crippen LogP) is 5.27. The maximum atomic E-state index is 5.93. The summed E-state index contributed by atoms with van der Waals surface area (Å²) in [5.41, 5.74) is 3.61. The van der Waals surface area contributed by atoms with E-state index < -0.39 is 0 Å². The highest BCUT2D eigenvalue weighted by Crippen LogP contribution is 2.29. The van der Waals surface area contributed by atoms with Gasteiger partial charge in [0.25, 0.3) is 0 Å². The Kier molecular flexibility index (Phi) is 6.18. The molecule has 5 nitrogen and oxygen atoms in total. The molecule has 6 heteroatoms. The lowest BCUT2D eigenvalue weighted by Crippen LogP contribution is -2.16. The van der Waals surface area contributed by atoms with Crippen LogP contribution in [-0.2, 0) is 23.6 Å². The van der Waals surface area contributed by atoms with Gasteiger partial charge in [0.05, 0.1) is 30.3 Å². The van der Waals surface area contributed by atoms with Gasteiger partial charge in [-0.05, 0) is 24.0 Å². The molecule has 1 saturated heterocycles. The van der Waals surface area contributed by atoms with Crippen LogP contribution in [0.1, 0.15) is 24.2 Å². The third-order valence-corrected chi connectivity index (χ3v) is 6.61. The van der Waals surface area contributed by atoms with Gasteiger partial charge in [-0.25, -0.2) is 9.97 Å². The number of rotatable bonds is 8. The molecule has 2 aromatic carbocycles. The second-order valence-electron chi connectivity index (χ2n) is 7.78. The second-order valence-corrected chi connectivity index (χ2v) is 8.73. The molecule has 1 aliphatic heterocycles. The van der Waals surface area contributed by atoms with E-state index >= 15 is 0 Å². The zero-order chi connectivity index (χ0) is 20.9. The van der Waals surface area contributed by atoms with Crippen molar-refractivity contribution in [3.8, 4) is 11.3 Å². The quantitative estimate of drug-likeness (QED) is 0.358. The molecule has 5 rings (SSSR count). The number of benzene rings is 2. The van der Waals surface area contributed by atoms with Crippen molar-refractivity contribution in [2.24, 2.45) is 0 Å². The fraction of sp³-hybridized carbons (Fsp3) is 0.280. The molecule has 3 heterocycles. The van der Waals surface area contributed by atoms with Crippen LogP contribution >= 0.6 is 11.8 Å². The van der Waals surface area contributed by atoms with Gasteiger partial charge >= 0.3 is 0 Å². The van der Waals surface area contributed by atoms with Crippen LogP contribution in [0.2, 0.25) is 0 Å². The average Bonchev–Trinajstić information content (AvgIpc) is 3.56. The zero-order valence-corrected chi connectivity index (χ0v) is 18.2. The number of thioether (sulfide) groups is 1. The van der Waals surface area contributed by atoms with Gasteiger partial charge in [0, 0.05) is 25.5 Å². The molecule has 0 N–H and O–H groups in total. The van der Waals surface area contributed by atoms with Gasteiger partial charge < -0.3 is 13.9 Å². The summed E-state index contributed by atoms with van der Waals surface area (Å²) >= 11 is 1.74. The number of hydrogen-bond acceptors (Lipinski definition) is 4. The standard InChI is InChI=1S/C25H26N4OS/c1-3-8-20(9-4-1)17-28-14-13-26-24(28)19-31-25-27-16-23(21-10-5-2-6-11-21)29(25)18-22-12-7-15-30-22/h1-6,8-11,13-14,16,22H,7,12,15,17-19H2. The minimum atomic E-state index is 0.260. The normalized spacial score (nSPS) is 16.1. The number of ether oxygens (including phenoxy) is 1. The predicted molar refractivity (Wildman–Crippen MR) is 124 cm³/mol. The molecule has 0 saturated carbocycles. The van der Waals surface area contributed by atoms with E-state index in [2.05, 4.69) is 68.8 Å². The summed E-state index contributed by atoms with van der Waals surface area (Å²) in [7, 11) is 0. The van der Waals surface area contributed by atoms with Gasteiger partial charge in [-0.1, -0.05) is 72.4 Å². The van der Waals surface area contributed by atoms with Crippen molar-refractivity contribution in [3.05, 3.63) is 90.6 Å². The topological polar surface area (TPSA) is 44.9 Å². The molecular weight excluding hydrogens is 404 g/mol. The van der Waals surface area contributed by atoms with E-state index in [0.717, 1.165) is 55.0 Å². The first-order valence-corrected chi connectivity index (χ1v) is 11.7. The molecule has 1 unspecified atom stereocenters. The smallest absolute Gasteiger partial charge is 0.168 e. The van der Waals surface area contributed by atoms with Crippen molar-refractivity contribution in [3.63, 3.8) is 0 Å². The summed E-state index contributed by atoms with van der Waals surface area (Å²) in [5.74, 6) is 1.83. The third-order valence-electron chi connectivity index (χ3n) is 5.63. The van der Waals surface area contributed by atoms with Gasteiger partial charge in [-0.3, -0.25) is 0 Å². The minimum Gasteiger partial charge on any atom is -0.376 e. The van der Waals surface area contributed by atoms with E-state index in [9.17, 15) is 0 Å². The highest BCUT2D eigenvalue weighted by Gasteiger charge is 2.21. The minimum absolute atomic E-state index is 0.260. The first kappa shape index (κ1) is 20.1. The number of imidazole rings is 2. The van der Waals surface area contributed by atoms with Gasteiger partial charge in [0.1, 0.15) is 5.82 Å². The van der Waals surface area contributed by atoms with E-state index in [1.165, 1.54) is 11.1 Å². The Morgan fingerprint density at radius 2 is 1.81 bits per heavy atom. The molecule has 0 amide bonds. The Morgan fingerprint density at radius 3 is 2.58 bits per heavy atom. The number of aromatic nitrogens is 4. The monoisotopic (exact) mass is 430 g/mol. The van der Waals surface area contributed by atoms with Crippen molar-refractivity contribution < 1.29 is 4.74 Å². The molecule has 31 heavy (non-hydrogen) atoms. The van der Waals surface area contributed by atoms with Crippen molar-refractivity contribution in [2.45, 2.75) is 42.9 Å². The van der Waals surface area contributed by atoms with Crippen molar-refractivity contribution in [2.75, 3.05) is 6.61 Å². The Balaban J connectivity index is 1.36. The average molecular weight is 431 g/mol. The summed E-state index contributed by atoms with van der Waals surface area (Å²) in [6, 6.07) is 21.0. The summed E-state index contributed by atoms with van der Waals surface area (Å²) in [6.07, 6.45) is 8.43. The fourth-order valence-corrected chi connectivity index (χ4v) is 4.97. The second kappa shape index (κ2) is 9.54. The molecule has 0 bridgehead atoms. The van der Waals surface area contributed by atoms with Gasteiger partial charge in [0.2, 0.25) is 0 Å². The van der Waals surface area contributed by atoms with Gasteiger partial charge in [-0.15, -0.1) is 0 Å². The van der Waals surface area contributed by atoms with Gasteiger partial charge in [-0.2, -0.15) is 0 Å². The SMILES string of the molecule is c1ccc(Cn2ccnc2CSc2ncc(-c3ccccc3)n2CC2CCCO2)cc1. The molecule has 4 aromatic rings. The lowest BCUT2D eigenvalue weighted by Gasteiger charge is -2.16. The van der Waals surface area contributed by atoms with Gasteiger partial charge in [0.15, 0.2) is 5.16 Å². The Labute approximate surface area is 187 Å². The van der Waals surface area contributed by atoms with Crippen molar-refractivity contribution >= 4 is 11.8 Å². The number of hydrogen-bond donors (Lipinski definition) is 0. The van der Waals surface area contributed by atoms with Crippen LogP contribution < -0.4 is 0 Å². The van der Waals surface area contributed by atoms with Crippen LogP contribution in [0.25, 0.3) is 11.3 Å². The molecule has 1 aliphatic rings. The Hall–Kier alpha value is -2.83. The Morgan fingerprint density at radius 1 is 1.00 bits per heavy atom. The highest BCUT2D eigenvalue weighted by atomic mass is 32.2. The molecule has 158 valence electrons. The first-order valence-electron chi connectivity index (χ1n) is 10.8. The largest absolute Gasteiger partial charge is 0.376 e.